The second-order valence-electron chi connectivity index (χ2n) is 6.44. The van der Waals surface area contributed by atoms with E-state index in [9.17, 15) is 13.6 Å². The van der Waals surface area contributed by atoms with Crippen LogP contribution in [0.5, 0.6) is 0 Å². The Hall–Kier alpha value is -1.29. The summed E-state index contributed by atoms with van der Waals surface area (Å²) in [5, 5.41) is 0. The quantitative estimate of drug-likeness (QED) is 0.846. The average molecular weight is 295 g/mol. The molecule has 4 heteroatoms. The van der Waals surface area contributed by atoms with Gasteiger partial charge in [0.1, 0.15) is 11.6 Å². The number of hydrogen-bond acceptors (Lipinski definition) is 2. The largest absolute Gasteiger partial charge is 0.297 e. The molecule has 21 heavy (non-hydrogen) atoms. The SMILES string of the molecule is CC1CCC(C(=O)Cc2cc(F)ccc2F)(N(C)C)CC1. The van der Waals surface area contributed by atoms with Gasteiger partial charge >= 0.3 is 0 Å². The topological polar surface area (TPSA) is 20.3 Å². The zero-order chi connectivity index (χ0) is 15.6. The molecule has 0 radical (unpaired) electrons. The maximum absolute atomic E-state index is 13.8. The Morgan fingerprint density at radius 3 is 2.48 bits per heavy atom. The van der Waals surface area contributed by atoms with Gasteiger partial charge in [0.25, 0.3) is 0 Å². The Balaban J connectivity index is 2.22. The molecule has 0 saturated heterocycles. The smallest absolute Gasteiger partial charge is 0.157 e. The van der Waals surface area contributed by atoms with E-state index in [0.29, 0.717) is 5.92 Å². The van der Waals surface area contributed by atoms with E-state index in [0.717, 1.165) is 43.9 Å². The first-order valence-electron chi connectivity index (χ1n) is 7.50. The highest BCUT2D eigenvalue weighted by molar-refractivity contribution is 5.90. The monoisotopic (exact) mass is 295 g/mol. The lowest BCUT2D eigenvalue weighted by molar-refractivity contribution is -0.131. The summed E-state index contributed by atoms with van der Waals surface area (Å²) in [5.74, 6) is -0.404. The van der Waals surface area contributed by atoms with Crippen LogP contribution in [0.15, 0.2) is 18.2 Å². The van der Waals surface area contributed by atoms with Crippen LogP contribution >= 0.6 is 0 Å². The van der Waals surface area contributed by atoms with Crippen molar-refractivity contribution in [1.82, 2.24) is 4.90 Å². The molecule has 0 unspecified atom stereocenters. The van der Waals surface area contributed by atoms with Crippen molar-refractivity contribution in [2.45, 2.75) is 44.6 Å². The molecule has 0 N–H and O–H groups in total. The van der Waals surface area contributed by atoms with Crippen LogP contribution in [-0.4, -0.2) is 30.3 Å². The molecule has 1 aromatic carbocycles. The highest BCUT2D eigenvalue weighted by Crippen LogP contribution is 2.36. The van der Waals surface area contributed by atoms with Gasteiger partial charge in [-0.2, -0.15) is 0 Å². The fourth-order valence-corrected chi connectivity index (χ4v) is 3.23. The molecule has 0 bridgehead atoms. The minimum absolute atomic E-state index is 0.0103. The maximum Gasteiger partial charge on any atom is 0.157 e. The Labute approximate surface area is 125 Å². The van der Waals surface area contributed by atoms with Gasteiger partial charge in [0.05, 0.1) is 5.54 Å². The van der Waals surface area contributed by atoms with Crippen molar-refractivity contribution in [1.29, 1.82) is 0 Å². The Morgan fingerprint density at radius 1 is 1.29 bits per heavy atom. The van der Waals surface area contributed by atoms with Crippen molar-refractivity contribution in [3.05, 3.63) is 35.4 Å². The van der Waals surface area contributed by atoms with Crippen LogP contribution in [0.4, 0.5) is 8.78 Å². The molecule has 0 heterocycles. The van der Waals surface area contributed by atoms with Crippen LogP contribution in [0.1, 0.15) is 38.2 Å². The first-order chi connectivity index (χ1) is 9.85. The Kier molecular flexibility index (Phi) is 4.77. The molecule has 0 aliphatic heterocycles. The van der Waals surface area contributed by atoms with E-state index in [-0.39, 0.29) is 17.8 Å². The zero-order valence-corrected chi connectivity index (χ0v) is 13.0. The van der Waals surface area contributed by atoms with Gasteiger partial charge in [0.2, 0.25) is 0 Å². The van der Waals surface area contributed by atoms with Crippen LogP contribution in [0.25, 0.3) is 0 Å². The molecule has 1 saturated carbocycles. The molecular weight excluding hydrogens is 272 g/mol. The van der Waals surface area contributed by atoms with Gasteiger partial charge in [-0.05, 0) is 69.5 Å². The molecule has 0 spiro atoms. The molecule has 1 aliphatic carbocycles. The molecule has 0 atom stereocenters. The summed E-state index contributed by atoms with van der Waals surface area (Å²) in [6.07, 6.45) is 3.52. The average Bonchev–Trinajstić information content (AvgIpc) is 2.43. The van der Waals surface area contributed by atoms with Crippen LogP contribution in [-0.2, 0) is 11.2 Å². The summed E-state index contributed by atoms with van der Waals surface area (Å²) in [7, 11) is 3.80. The maximum atomic E-state index is 13.8. The van der Waals surface area contributed by atoms with Crippen molar-refractivity contribution in [3.8, 4) is 0 Å². The summed E-state index contributed by atoms with van der Waals surface area (Å²) in [6.45, 7) is 2.19. The number of benzene rings is 1. The van der Waals surface area contributed by atoms with Crippen molar-refractivity contribution < 1.29 is 13.6 Å². The molecule has 2 nitrogen and oxygen atoms in total. The van der Waals surface area contributed by atoms with Crippen molar-refractivity contribution in [3.63, 3.8) is 0 Å². The third-order valence-electron chi connectivity index (χ3n) is 4.84. The first kappa shape index (κ1) is 16.1. The number of likely N-dealkylation sites (N-methyl/N-ethyl adjacent to an activating group) is 1. The second kappa shape index (κ2) is 6.22. The van der Waals surface area contributed by atoms with Gasteiger partial charge in [0.15, 0.2) is 5.78 Å². The molecular formula is C17H23F2NO. The summed E-state index contributed by atoms with van der Waals surface area (Å²) < 4.78 is 27.0. The standard InChI is InChI=1S/C17H23F2NO/c1-12-6-8-17(9-7-12,20(2)3)16(21)11-13-10-14(18)4-5-15(13)19/h4-5,10,12H,6-9,11H2,1-3H3. The molecule has 0 aromatic heterocycles. The summed E-state index contributed by atoms with van der Waals surface area (Å²) in [4.78, 5) is 14.7. The third kappa shape index (κ3) is 3.31. The zero-order valence-electron chi connectivity index (χ0n) is 13.0. The predicted octanol–water partition coefficient (Wildman–Crippen LogP) is 3.59. The van der Waals surface area contributed by atoms with E-state index in [1.165, 1.54) is 0 Å². The molecule has 116 valence electrons. The highest BCUT2D eigenvalue weighted by Gasteiger charge is 2.42. The van der Waals surface area contributed by atoms with Gasteiger partial charge in [-0.3, -0.25) is 9.69 Å². The number of halogens is 2. The third-order valence-corrected chi connectivity index (χ3v) is 4.84. The minimum Gasteiger partial charge on any atom is -0.297 e. The molecule has 1 aliphatic rings. The lowest BCUT2D eigenvalue weighted by atomic mass is 9.72. The number of ketones is 1. The normalized spacial score (nSPS) is 26.1. The number of rotatable bonds is 4. The van der Waals surface area contributed by atoms with Gasteiger partial charge in [-0.25, -0.2) is 8.78 Å². The summed E-state index contributed by atoms with van der Waals surface area (Å²) in [6, 6.07) is 3.29. The highest BCUT2D eigenvalue weighted by atomic mass is 19.1. The number of hydrogen-bond donors (Lipinski definition) is 0. The van der Waals surface area contributed by atoms with Gasteiger partial charge in [-0.1, -0.05) is 6.92 Å². The van der Waals surface area contributed by atoms with Crippen molar-refractivity contribution >= 4 is 5.78 Å². The summed E-state index contributed by atoms with van der Waals surface area (Å²) >= 11 is 0. The Morgan fingerprint density at radius 2 is 1.90 bits per heavy atom. The van der Waals surface area contributed by atoms with E-state index < -0.39 is 17.2 Å². The van der Waals surface area contributed by atoms with E-state index in [4.69, 9.17) is 0 Å². The van der Waals surface area contributed by atoms with Crippen LogP contribution in [0.3, 0.4) is 0 Å². The number of Topliss-reactive ketones (excluding diaryl/α,β-unsaturated/α-hetero) is 1. The lowest BCUT2D eigenvalue weighted by Gasteiger charge is -2.43. The van der Waals surface area contributed by atoms with Crippen LogP contribution in [0.2, 0.25) is 0 Å². The Bertz CT molecular complexity index is 520. The van der Waals surface area contributed by atoms with Crippen molar-refractivity contribution in [2.75, 3.05) is 14.1 Å². The molecule has 1 aromatic rings. The van der Waals surface area contributed by atoms with Gasteiger partial charge < -0.3 is 0 Å². The second-order valence-corrected chi connectivity index (χ2v) is 6.44. The van der Waals surface area contributed by atoms with E-state index >= 15 is 0 Å². The first-order valence-corrected chi connectivity index (χ1v) is 7.50. The fourth-order valence-electron chi connectivity index (χ4n) is 3.23. The van der Waals surface area contributed by atoms with Crippen LogP contribution < -0.4 is 0 Å². The van der Waals surface area contributed by atoms with E-state index in [1.807, 2.05) is 19.0 Å². The molecule has 2 rings (SSSR count). The minimum atomic E-state index is -0.536. The lowest BCUT2D eigenvalue weighted by Crippen LogP contribution is -2.53. The number of carbonyl (C=O) groups excluding carboxylic acids is 1. The van der Waals surface area contributed by atoms with Crippen LogP contribution in [0, 0.1) is 17.6 Å². The number of nitrogens with zero attached hydrogens (tertiary/aromatic N) is 1. The van der Waals surface area contributed by atoms with E-state index in [1.54, 1.807) is 0 Å². The van der Waals surface area contributed by atoms with Gasteiger partial charge in [-0.15, -0.1) is 0 Å². The summed E-state index contributed by atoms with van der Waals surface area (Å²) in [5.41, 5.74) is -0.384. The van der Waals surface area contributed by atoms with Crippen molar-refractivity contribution in [2.24, 2.45) is 5.92 Å². The molecule has 1 fully saturated rings. The number of carbonyl (C=O) groups is 1. The fraction of sp³-hybridized carbons (Fsp3) is 0.588. The molecule has 0 amide bonds. The van der Waals surface area contributed by atoms with Gasteiger partial charge in [0, 0.05) is 6.42 Å². The predicted molar refractivity (Wildman–Crippen MR) is 79.1 cm³/mol. The van der Waals surface area contributed by atoms with E-state index in [2.05, 4.69) is 6.92 Å².